The Morgan fingerprint density at radius 2 is 1.94 bits per heavy atom. The van der Waals surface area contributed by atoms with Gasteiger partial charge in [0.05, 0.1) is 0 Å². The Hall–Kier alpha value is -1.31. The van der Waals surface area contributed by atoms with Gasteiger partial charge in [-0.3, -0.25) is 4.79 Å². The summed E-state index contributed by atoms with van der Waals surface area (Å²) in [7, 11) is 0. The molecule has 2 heteroatoms. The zero-order valence-corrected chi connectivity index (χ0v) is 10.6. The normalized spacial score (nSPS) is 10.9. The molecule has 1 N–H and O–H groups in total. The molecule has 1 rings (SSSR count). The summed E-state index contributed by atoms with van der Waals surface area (Å²) in [5, 5.41) is 2.93. The molecule has 16 heavy (non-hydrogen) atoms. The van der Waals surface area contributed by atoms with Gasteiger partial charge in [-0.15, -0.1) is 0 Å². The lowest BCUT2D eigenvalue weighted by molar-refractivity contribution is 0.0949. The van der Waals surface area contributed by atoms with Crippen LogP contribution in [0.1, 0.15) is 49.5 Å². The van der Waals surface area contributed by atoms with E-state index in [2.05, 4.69) is 39.1 Å². The second-order valence-corrected chi connectivity index (χ2v) is 4.88. The van der Waals surface area contributed by atoms with E-state index in [0.717, 1.165) is 12.1 Å². The van der Waals surface area contributed by atoms with Gasteiger partial charge in [0.25, 0.3) is 5.91 Å². The minimum atomic E-state index is 0.0243. The highest BCUT2D eigenvalue weighted by molar-refractivity contribution is 5.94. The molecule has 0 aromatic heterocycles. The third kappa shape index (κ3) is 3.69. The molecule has 0 aliphatic rings. The van der Waals surface area contributed by atoms with Crippen LogP contribution in [0.5, 0.6) is 0 Å². The molecule has 2 nitrogen and oxygen atoms in total. The van der Waals surface area contributed by atoms with Crippen LogP contribution in [-0.2, 0) is 0 Å². The quantitative estimate of drug-likeness (QED) is 0.827. The number of hydrogen-bond acceptors (Lipinski definition) is 1. The lowest BCUT2D eigenvalue weighted by Crippen LogP contribution is -2.27. The Morgan fingerprint density at radius 3 is 2.50 bits per heavy atom. The SMILES string of the molecule is CC(C)CNC(=O)c1cccc(C(C)C)c1. The van der Waals surface area contributed by atoms with E-state index in [1.807, 2.05) is 18.2 Å². The summed E-state index contributed by atoms with van der Waals surface area (Å²) in [6.45, 7) is 9.16. The fraction of sp³-hybridized carbons (Fsp3) is 0.500. The van der Waals surface area contributed by atoms with Crippen LogP contribution in [0.2, 0.25) is 0 Å². The minimum Gasteiger partial charge on any atom is -0.352 e. The van der Waals surface area contributed by atoms with Gasteiger partial charge in [0.2, 0.25) is 0 Å². The Labute approximate surface area is 98.1 Å². The van der Waals surface area contributed by atoms with Crippen LogP contribution in [0.4, 0.5) is 0 Å². The molecule has 1 amide bonds. The topological polar surface area (TPSA) is 29.1 Å². The fourth-order valence-corrected chi connectivity index (χ4v) is 1.44. The molecule has 1 aromatic carbocycles. The summed E-state index contributed by atoms with van der Waals surface area (Å²) in [5.74, 6) is 0.964. The van der Waals surface area contributed by atoms with E-state index >= 15 is 0 Å². The number of carbonyl (C=O) groups excluding carboxylic acids is 1. The van der Waals surface area contributed by atoms with E-state index in [4.69, 9.17) is 0 Å². The third-order valence-electron chi connectivity index (χ3n) is 2.49. The van der Waals surface area contributed by atoms with Gasteiger partial charge in [-0.2, -0.15) is 0 Å². The molecule has 0 atom stereocenters. The smallest absolute Gasteiger partial charge is 0.251 e. The number of nitrogens with one attached hydrogen (secondary N) is 1. The van der Waals surface area contributed by atoms with Crippen molar-refractivity contribution in [1.29, 1.82) is 0 Å². The van der Waals surface area contributed by atoms with Gasteiger partial charge < -0.3 is 5.32 Å². The van der Waals surface area contributed by atoms with Gasteiger partial charge in [-0.05, 0) is 29.5 Å². The molecule has 0 aliphatic heterocycles. The molecule has 0 saturated carbocycles. The molecular formula is C14H21NO. The molecule has 0 unspecified atom stereocenters. The van der Waals surface area contributed by atoms with Crippen molar-refractivity contribution in [3.05, 3.63) is 35.4 Å². The maximum absolute atomic E-state index is 11.8. The molecular weight excluding hydrogens is 198 g/mol. The summed E-state index contributed by atoms with van der Waals surface area (Å²) >= 11 is 0. The van der Waals surface area contributed by atoms with Crippen LogP contribution in [0.3, 0.4) is 0 Å². The van der Waals surface area contributed by atoms with E-state index in [9.17, 15) is 4.79 Å². The van der Waals surface area contributed by atoms with Crippen LogP contribution < -0.4 is 5.32 Å². The first-order valence-electron chi connectivity index (χ1n) is 5.89. The minimum absolute atomic E-state index is 0.0243. The number of benzene rings is 1. The molecule has 1 aromatic rings. The lowest BCUT2D eigenvalue weighted by atomic mass is 10.0. The zero-order chi connectivity index (χ0) is 12.1. The first kappa shape index (κ1) is 12.8. The Balaban J connectivity index is 2.72. The third-order valence-corrected chi connectivity index (χ3v) is 2.49. The van der Waals surface area contributed by atoms with Crippen LogP contribution in [0.15, 0.2) is 24.3 Å². The van der Waals surface area contributed by atoms with Crippen LogP contribution >= 0.6 is 0 Å². The Kier molecular flexibility index (Phi) is 4.53. The predicted molar refractivity (Wildman–Crippen MR) is 67.7 cm³/mol. The van der Waals surface area contributed by atoms with Crippen LogP contribution in [0, 0.1) is 5.92 Å². The molecule has 0 radical (unpaired) electrons. The lowest BCUT2D eigenvalue weighted by Gasteiger charge is -2.10. The van der Waals surface area contributed by atoms with Crippen molar-refractivity contribution in [2.45, 2.75) is 33.6 Å². The van der Waals surface area contributed by atoms with Gasteiger partial charge in [0, 0.05) is 12.1 Å². The highest BCUT2D eigenvalue weighted by Gasteiger charge is 2.07. The Morgan fingerprint density at radius 1 is 1.25 bits per heavy atom. The van der Waals surface area contributed by atoms with E-state index in [0.29, 0.717) is 11.8 Å². The Bertz CT molecular complexity index is 356. The summed E-state index contributed by atoms with van der Waals surface area (Å²) < 4.78 is 0. The van der Waals surface area contributed by atoms with Crippen molar-refractivity contribution in [2.75, 3.05) is 6.54 Å². The molecule has 0 aliphatic carbocycles. The van der Waals surface area contributed by atoms with E-state index in [1.165, 1.54) is 5.56 Å². The molecule has 0 spiro atoms. The maximum Gasteiger partial charge on any atom is 0.251 e. The first-order chi connectivity index (χ1) is 7.50. The molecule has 88 valence electrons. The maximum atomic E-state index is 11.8. The van der Waals surface area contributed by atoms with Gasteiger partial charge in [0.15, 0.2) is 0 Å². The van der Waals surface area contributed by atoms with Crippen molar-refractivity contribution in [3.63, 3.8) is 0 Å². The average molecular weight is 219 g/mol. The van der Waals surface area contributed by atoms with Crippen LogP contribution in [-0.4, -0.2) is 12.5 Å². The first-order valence-corrected chi connectivity index (χ1v) is 5.89. The summed E-state index contributed by atoms with van der Waals surface area (Å²) in [5.41, 5.74) is 1.96. The van der Waals surface area contributed by atoms with Gasteiger partial charge in [0.1, 0.15) is 0 Å². The van der Waals surface area contributed by atoms with Crippen molar-refractivity contribution >= 4 is 5.91 Å². The van der Waals surface area contributed by atoms with E-state index < -0.39 is 0 Å². The predicted octanol–water partition coefficient (Wildman–Crippen LogP) is 3.20. The largest absolute Gasteiger partial charge is 0.352 e. The molecule has 0 saturated heterocycles. The van der Waals surface area contributed by atoms with Crippen molar-refractivity contribution in [2.24, 2.45) is 5.92 Å². The van der Waals surface area contributed by atoms with Gasteiger partial charge in [-0.25, -0.2) is 0 Å². The number of rotatable bonds is 4. The zero-order valence-electron chi connectivity index (χ0n) is 10.6. The van der Waals surface area contributed by atoms with Crippen molar-refractivity contribution < 1.29 is 4.79 Å². The fourth-order valence-electron chi connectivity index (χ4n) is 1.44. The highest BCUT2D eigenvalue weighted by atomic mass is 16.1. The number of carbonyl (C=O) groups is 1. The average Bonchev–Trinajstić information content (AvgIpc) is 2.26. The summed E-state index contributed by atoms with van der Waals surface area (Å²) in [4.78, 5) is 11.8. The molecule has 0 heterocycles. The standard InChI is InChI=1S/C14H21NO/c1-10(2)9-15-14(16)13-7-5-6-12(8-13)11(3)4/h5-8,10-11H,9H2,1-4H3,(H,15,16). The number of hydrogen-bond donors (Lipinski definition) is 1. The summed E-state index contributed by atoms with van der Waals surface area (Å²) in [6, 6.07) is 7.84. The highest BCUT2D eigenvalue weighted by Crippen LogP contribution is 2.15. The van der Waals surface area contributed by atoms with Crippen LogP contribution in [0.25, 0.3) is 0 Å². The van der Waals surface area contributed by atoms with E-state index in [1.54, 1.807) is 0 Å². The van der Waals surface area contributed by atoms with Gasteiger partial charge >= 0.3 is 0 Å². The van der Waals surface area contributed by atoms with E-state index in [-0.39, 0.29) is 5.91 Å². The second kappa shape index (κ2) is 5.69. The van der Waals surface area contributed by atoms with Gasteiger partial charge in [-0.1, -0.05) is 39.8 Å². The number of amides is 1. The summed E-state index contributed by atoms with van der Waals surface area (Å²) in [6.07, 6.45) is 0. The van der Waals surface area contributed by atoms with Crippen molar-refractivity contribution in [3.8, 4) is 0 Å². The monoisotopic (exact) mass is 219 g/mol. The molecule has 0 fully saturated rings. The second-order valence-electron chi connectivity index (χ2n) is 4.88. The molecule has 0 bridgehead atoms. The van der Waals surface area contributed by atoms with Crippen molar-refractivity contribution in [1.82, 2.24) is 5.32 Å².